The molecule has 0 fully saturated rings. The maximum atomic E-state index is 12.4. The van der Waals surface area contributed by atoms with Crippen molar-refractivity contribution in [2.75, 3.05) is 4.90 Å². The predicted molar refractivity (Wildman–Crippen MR) is 90.7 cm³/mol. The zero-order valence-corrected chi connectivity index (χ0v) is 13.9. The van der Waals surface area contributed by atoms with Gasteiger partial charge in [-0.25, -0.2) is 0 Å². The van der Waals surface area contributed by atoms with Gasteiger partial charge in [0.2, 0.25) is 0 Å². The van der Waals surface area contributed by atoms with E-state index >= 15 is 0 Å². The third-order valence-electron chi connectivity index (χ3n) is 3.52. The minimum Gasteiger partial charge on any atom is -0.330 e. The summed E-state index contributed by atoms with van der Waals surface area (Å²) in [6.07, 6.45) is 0. The SMILES string of the molecule is CC(C)C(C(=O)P(=O)(O)O)N(c1ccccc1)c1ccccc1. The molecule has 0 bridgehead atoms. The van der Waals surface area contributed by atoms with Crippen LogP contribution >= 0.6 is 7.60 Å². The third kappa shape index (κ3) is 4.08. The molecule has 122 valence electrons. The van der Waals surface area contributed by atoms with Gasteiger partial charge in [0.05, 0.1) is 0 Å². The molecule has 0 heterocycles. The summed E-state index contributed by atoms with van der Waals surface area (Å²) >= 11 is 0. The Morgan fingerprint density at radius 3 is 1.61 bits per heavy atom. The van der Waals surface area contributed by atoms with Crippen LogP contribution in [-0.2, 0) is 9.36 Å². The van der Waals surface area contributed by atoms with Crippen molar-refractivity contribution in [2.45, 2.75) is 19.9 Å². The lowest BCUT2D eigenvalue weighted by atomic mass is 10.0. The highest BCUT2D eigenvalue weighted by molar-refractivity contribution is 7.70. The van der Waals surface area contributed by atoms with E-state index in [4.69, 9.17) is 0 Å². The number of carbonyl (C=O) groups excluding carboxylic acids is 1. The van der Waals surface area contributed by atoms with Gasteiger partial charge in [0, 0.05) is 11.4 Å². The summed E-state index contributed by atoms with van der Waals surface area (Å²) in [5.41, 5.74) is 0.346. The Hall–Kier alpha value is -1.94. The first-order chi connectivity index (χ1) is 10.8. The minimum atomic E-state index is -4.84. The molecule has 0 aromatic heterocycles. The van der Waals surface area contributed by atoms with E-state index in [1.54, 1.807) is 18.7 Å². The van der Waals surface area contributed by atoms with Gasteiger partial charge in [-0.05, 0) is 30.2 Å². The molecule has 1 unspecified atom stereocenters. The Kier molecular flexibility index (Phi) is 5.37. The van der Waals surface area contributed by atoms with E-state index in [9.17, 15) is 19.1 Å². The Balaban J connectivity index is 2.60. The average molecular weight is 333 g/mol. The van der Waals surface area contributed by atoms with Crippen molar-refractivity contribution in [3.05, 3.63) is 60.7 Å². The Morgan fingerprint density at radius 2 is 1.30 bits per heavy atom. The van der Waals surface area contributed by atoms with Crippen LogP contribution in [0.15, 0.2) is 60.7 Å². The molecule has 2 aromatic carbocycles. The molecular formula is C17H20NO4P. The fourth-order valence-corrected chi connectivity index (χ4v) is 3.27. The topological polar surface area (TPSA) is 77.8 Å². The lowest BCUT2D eigenvalue weighted by Crippen LogP contribution is -2.42. The van der Waals surface area contributed by atoms with Gasteiger partial charge < -0.3 is 14.7 Å². The second kappa shape index (κ2) is 7.09. The van der Waals surface area contributed by atoms with Crippen LogP contribution in [0.5, 0.6) is 0 Å². The summed E-state index contributed by atoms with van der Waals surface area (Å²) in [5.74, 6) is -0.282. The molecule has 0 spiro atoms. The molecule has 0 saturated carbocycles. The van der Waals surface area contributed by atoms with Gasteiger partial charge in [-0.2, -0.15) is 0 Å². The molecule has 23 heavy (non-hydrogen) atoms. The summed E-state index contributed by atoms with van der Waals surface area (Å²) in [4.78, 5) is 32.8. The lowest BCUT2D eigenvalue weighted by Gasteiger charge is -2.35. The molecule has 6 heteroatoms. The van der Waals surface area contributed by atoms with Crippen LogP contribution in [0.4, 0.5) is 11.4 Å². The number of hydrogen-bond donors (Lipinski definition) is 2. The number of rotatable bonds is 6. The van der Waals surface area contributed by atoms with Crippen LogP contribution in [0.1, 0.15) is 13.8 Å². The fourth-order valence-electron chi connectivity index (χ4n) is 2.51. The van der Waals surface area contributed by atoms with Gasteiger partial charge >= 0.3 is 7.60 Å². The van der Waals surface area contributed by atoms with Crippen LogP contribution in [0.3, 0.4) is 0 Å². The van der Waals surface area contributed by atoms with Crippen molar-refractivity contribution in [3.8, 4) is 0 Å². The number of benzene rings is 2. The van der Waals surface area contributed by atoms with Gasteiger partial charge in [-0.15, -0.1) is 0 Å². The molecular weight excluding hydrogens is 313 g/mol. The van der Waals surface area contributed by atoms with E-state index in [1.165, 1.54) is 0 Å². The van der Waals surface area contributed by atoms with E-state index in [0.29, 0.717) is 11.4 Å². The fraction of sp³-hybridized carbons (Fsp3) is 0.235. The number of para-hydroxylation sites is 2. The largest absolute Gasteiger partial charge is 0.393 e. The van der Waals surface area contributed by atoms with E-state index in [1.807, 2.05) is 60.7 Å². The zero-order chi connectivity index (χ0) is 17.0. The lowest BCUT2D eigenvalue weighted by molar-refractivity contribution is -0.115. The number of carbonyl (C=O) groups is 1. The highest BCUT2D eigenvalue weighted by Crippen LogP contribution is 2.42. The first-order valence-electron chi connectivity index (χ1n) is 7.31. The van der Waals surface area contributed by atoms with Gasteiger partial charge in [0.1, 0.15) is 6.04 Å². The Labute approximate surface area is 135 Å². The highest BCUT2D eigenvalue weighted by atomic mass is 31.2. The van der Waals surface area contributed by atoms with Gasteiger partial charge in [0.15, 0.2) is 0 Å². The van der Waals surface area contributed by atoms with Crippen molar-refractivity contribution >= 4 is 24.5 Å². The van der Waals surface area contributed by atoms with E-state index in [-0.39, 0.29) is 5.92 Å². The molecule has 1 atom stereocenters. The maximum Gasteiger partial charge on any atom is 0.393 e. The second-order valence-electron chi connectivity index (χ2n) is 5.61. The number of nitrogens with zero attached hydrogens (tertiary/aromatic N) is 1. The van der Waals surface area contributed by atoms with E-state index in [2.05, 4.69) is 0 Å². The van der Waals surface area contributed by atoms with E-state index in [0.717, 1.165) is 0 Å². The average Bonchev–Trinajstić information content (AvgIpc) is 2.52. The van der Waals surface area contributed by atoms with E-state index < -0.39 is 19.2 Å². The van der Waals surface area contributed by atoms with Crippen molar-refractivity contribution in [3.63, 3.8) is 0 Å². The van der Waals surface area contributed by atoms with Gasteiger partial charge in [0.25, 0.3) is 5.52 Å². The second-order valence-corrected chi connectivity index (χ2v) is 7.14. The Morgan fingerprint density at radius 1 is 0.913 bits per heavy atom. The van der Waals surface area contributed by atoms with Crippen molar-refractivity contribution in [1.82, 2.24) is 0 Å². The van der Waals surface area contributed by atoms with Crippen LogP contribution in [0, 0.1) is 5.92 Å². The van der Waals surface area contributed by atoms with Crippen LogP contribution in [0.25, 0.3) is 0 Å². The van der Waals surface area contributed by atoms with Crippen LogP contribution in [-0.4, -0.2) is 21.4 Å². The van der Waals surface area contributed by atoms with Crippen molar-refractivity contribution < 1.29 is 19.1 Å². The molecule has 2 aromatic rings. The Bertz CT molecular complexity index is 658. The molecule has 2 rings (SSSR count). The van der Waals surface area contributed by atoms with Crippen LogP contribution < -0.4 is 4.90 Å². The van der Waals surface area contributed by atoms with Crippen LogP contribution in [0.2, 0.25) is 0 Å². The quantitative estimate of drug-likeness (QED) is 0.791. The predicted octanol–water partition coefficient (Wildman–Crippen LogP) is 3.55. The number of anilines is 2. The summed E-state index contributed by atoms with van der Waals surface area (Å²) in [7, 11) is -4.84. The minimum absolute atomic E-state index is 0.282. The summed E-state index contributed by atoms with van der Waals surface area (Å²) in [6.45, 7) is 3.55. The highest BCUT2D eigenvalue weighted by Gasteiger charge is 2.40. The standard InChI is InChI=1S/C17H20NO4P/c1-13(2)16(17(19)23(20,21)22)18(14-9-5-3-6-10-14)15-11-7-4-8-12-15/h3-13,16H,1-2H3,(H2,20,21,22). The summed E-state index contributed by atoms with van der Waals surface area (Å²) < 4.78 is 11.6. The summed E-state index contributed by atoms with van der Waals surface area (Å²) in [5, 5.41) is 0. The number of hydrogen-bond acceptors (Lipinski definition) is 3. The molecule has 5 nitrogen and oxygen atoms in total. The molecule has 0 aliphatic rings. The first-order valence-corrected chi connectivity index (χ1v) is 8.93. The van der Waals surface area contributed by atoms with Gasteiger partial charge in [-0.1, -0.05) is 50.2 Å². The normalized spacial score (nSPS) is 12.9. The molecule has 0 aliphatic carbocycles. The monoisotopic (exact) mass is 333 g/mol. The molecule has 0 saturated heterocycles. The molecule has 2 N–H and O–H groups in total. The van der Waals surface area contributed by atoms with Crippen molar-refractivity contribution in [2.24, 2.45) is 5.92 Å². The summed E-state index contributed by atoms with van der Waals surface area (Å²) in [6, 6.07) is 17.3. The van der Waals surface area contributed by atoms with Crippen molar-refractivity contribution in [1.29, 1.82) is 0 Å². The molecule has 0 amide bonds. The zero-order valence-electron chi connectivity index (χ0n) is 13.0. The van der Waals surface area contributed by atoms with Gasteiger partial charge in [-0.3, -0.25) is 9.36 Å². The molecule has 0 aliphatic heterocycles. The first kappa shape index (κ1) is 17.4. The molecule has 0 radical (unpaired) electrons. The maximum absolute atomic E-state index is 12.4. The third-order valence-corrected chi connectivity index (χ3v) is 4.36. The smallest absolute Gasteiger partial charge is 0.330 e.